The van der Waals surface area contributed by atoms with Gasteiger partial charge in [-0.2, -0.15) is 10.1 Å². The van der Waals surface area contributed by atoms with Crippen molar-refractivity contribution in [1.82, 2.24) is 30.6 Å². The highest BCUT2D eigenvalue weighted by Crippen LogP contribution is 2.31. The van der Waals surface area contributed by atoms with Crippen molar-refractivity contribution < 1.29 is 23.6 Å². The summed E-state index contributed by atoms with van der Waals surface area (Å²) in [6, 6.07) is 14.6. The third-order valence-electron chi connectivity index (χ3n) is 5.72. The summed E-state index contributed by atoms with van der Waals surface area (Å²) >= 11 is 0. The molecule has 1 fully saturated rings. The lowest BCUT2D eigenvalue weighted by molar-refractivity contribution is -0.134. The van der Waals surface area contributed by atoms with Crippen molar-refractivity contribution in [3.8, 4) is 17.2 Å². The second-order valence-electron chi connectivity index (χ2n) is 8.14. The zero-order valence-electron chi connectivity index (χ0n) is 18.9. The first-order chi connectivity index (χ1) is 17.0. The Bertz CT molecular complexity index is 1410. The highest BCUT2D eigenvalue weighted by molar-refractivity contribution is 6.02. The number of imide groups is 1. The van der Waals surface area contributed by atoms with E-state index in [1.807, 2.05) is 30.3 Å². The summed E-state index contributed by atoms with van der Waals surface area (Å²) in [4.78, 5) is 40.3. The van der Waals surface area contributed by atoms with Crippen molar-refractivity contribution >= 4 is 28.6 Å². The maximum Gasteiger partial charge on any atom is 0.258 e. The number of hydrogen-bond acceptors (Lipinski definition) is 8. The van der Waals surface area contributed by atoms with Gasteiger partial charge >= 0.3 is 0 Å². The standard InChI is InChI=1S/C24H22N6O5/c1-30-18-11-15(7-8-16(18)22(28-30)17-9-10-20(31)27-23(17)33)34-13-21(32)25-12-19-26-24(35-29-19)14-5-3-2-4-6-14/h2-8,11,17H,9-10,12-13H2,1H3,(H,25,32)(H,27,31,33). The van der Waals surface area contributed by atoms with Crippen LogP contribution >= 0.6 is 0 Å². The van der Waals surface area contributed by atoms with E-state index in [1.54, 1.807) is 29.9 Å². The first-order valence-corrected chi connectivity index (χ1v) is 11.1. The molecule has 178 valence electrons. The van der Waals surface area contributed by atoms with E-state index in [1.165, 1.54) is 0 Å². The maximum absolute atomic E-state index is 12.3. The van der Waals surface area contributed by atoms with Crippen molar-refractivity contribution in [1.29, 1.82) is 0 Å². The zero-order chi connectivity index (χ0) is 24.4. The van der Waals surface area contributed by atoms with Gasteiger partial charge in [-0.3, -0.25) is 24.4 Å². The average molecular weight is 474 g/mol. The Morgan fingerprint density at radius 1 is 1.23 bits per heavy atom. The fraction of sp³-hybridized carbons (Fsp3) is 0.250. The number of carbonyl (C=O) groups is 3. The summed E-state index contributed by atoms with van der Waals surface area (Å²) in [5.74, 6) is -0.211. The minimum absolute atomic E-state index is 0.106. The normalized spacial score (nSPS) is 15.7. The van der Waals surface area contributed by atoms with E-state index < -0.39 is 5.92 Å². The first kappa shape index (κ1) is 22.3. The summed E-state index contributed by atoms with van der Waals surface area (Å²) in [6.07, 6.45) is 0.699. The highest BCUT2D eigenvalue weighted by Gasteiger charge is 2.31. The molecule has 0 spiro atoms. The number of benzene rings is 2. The Labute approximate surface area is 199 Å². The van der Waals surface area contributed by atoms with Gasteiger partial charge in [0.1, 0.15) is 5.75 Å². The van der Waals surface area contributed by atoms with Crippen LogP contribution in [0.5, 0.6) is 5.75 Å². The number of aromatic nitrogens is 4. The minimum atomic E-state index is -0.485. The van der Waals surface area contributed by atoms with E-state index in [4.69, 9.17) is 9.26 Å². The van der Waals surface area contributed by atoms with Crippen molar-refractivity contribution in [3.63, 3.8) is 0 Å². The molecule has 4 aromatic rings. The molecule has 2 aromatic carbocycles. The van der Waals surface area contributed by atoms with Crippen LogP contribution < -0.4 is 15.4 Å². The average Bonchev–Trinajstić information content (AvgIpc) is 3.47. The predicted octanol–water partition coefficient (Wildman–Crippen LogP) is 1.84. The fourth-order valence-corrected chi connectivity index (χ4v) is 3.97. The van der Waals surface area contributed by atoms with Crippen molar-refractivity contribution in [3.05, 3.63) is 60.0 Å². The number of nitrogens with zero attached hydrogens (tertiary/aromatic N) is 4. The lowest BCUT2D eigenvalue weighted by Crippen LogP contribution is -2.39. The van der Waals surface area contributed by atoms with E-state index in [0.29, 0.717) is 29.6 Å². The number of amides is 3. The molecule has 0 bridgehead atoms. The van der Waals surface area contributed by atoms with Gasteiger partial charge < -0.3 is 14.6 Å². The molecule has 5 rings (SSSR count). The first-order valence-electron chi connectivity index (χ1n) is 11.1. The van der Waals surface area contributed by atoms with Crippen LogP contribution in [-0.2, 0) is 28.0 Å². The number of carbonyl (C=O) groups excluding carboxylic acids is 3. The molecule has 1 aliphatic heterocycles. The van der Waals surface area contributed by atoms with Gasteiger partial charge in [0.15, 0.2) is 12.4 Å². The molecular formula is C24H22N6O5. The smallest absolute Gasteiger partial charge is 0.258 e. The van der Waals surface area contributed by atoms with E-state index >= 15 is 0 Å². The SMILES string of the molecule is Cn1nc(C2CCC(=O)NC2=O)c2ccc(OCC(=O)NCc3noc(-c4ccccc4)n3)cc21. The molecule has 1 aliphatic rings. The molecule has 11 nitrogen and oxygen atoms in total. The Morgan fingerprint density at radius 3 is 2.86 bits per heavy atom. The monoisotopic (exact) mass is 474 g/mol. The molecule has 3 amide bonds. The fourth-order valence-electron chi connectivity index (χ4n) is 3.97. The summed E-state index contributed by atoms with van der Waals surface area (Å²) in [7, 11) is 1.77. The molecule has 0 saturated carbocycles. The number of fused-ring (bicyclic) bond motifs is 1. The van der Waals surface area contributed by atoms with Crippen molar-refractivity contribution in [2.45, 2.75) is 25.3 Å². The molecule has 1 saturated heterocycles. The molecule has 1 unspecified atom stereocenters. The van der Waals surface area contributed by atoms with Gasteiger partial charge in [-0.25, -0.2) is 0 Å². The molecule has 3 heterocycles. The van der Waals surface area contributed by atoms with Crippen LogP contribution in [0, 0.1) is 0 Å². The molecule has 2 N–H and O–H groups in total. The summed E-state index contributed by atoms with van der Waals surface area (Å²) in [5.41, 5.74) is 2.17. The minimum Gasteiger partial charge on any atom is -0.484 e. The van der Waals surface area contributed by atoms with Crippen LogP contribution in [0.3, 0.4) is 0 Å². The summed E-state index contributed by atoms with van der Waals surface area (Å²) in [6.45, 7) is -0.0959. The van der Waals surface area contributed by atoms with Crippen LogP contribution in [-0.4, -0.2) is 44.2 Å². The van der Waals surface area contributed by atoms with Crippen LogP contribution in [0.4, 0.5) is 0 Å². The van der Waals surface area contributed by atoms with Crippen LogP contribution in [0.2, 0.25) is 0 Å². The van der Waals surface area contributed by atoms with Gasteiger partial charge in [-0.15, -0.1) is 0 Å². The predicted molar refractivity (Wildman–Crippen MR) is 123 cm³/mol. The number of hydrogen-bond donors (Lipinski definition) is 2. The van der Waals surface area contributed by atoms with Crippen LogP contribution in [0.1, 0.15) is 30.3 Å². The van der Waals surface area contributed by atoms with Gasteiger partial charge in [0, 0.05) is 30.5 Å². The number of aryl methyl sites for hydroxylation is 1. The zero-order valence-corrected chi connectivity index (χ0v) is 18.9. The van der Waals surface area contributed by atoms with Gasteiger partial charge in [-0.1, -0.05) is 23.4 Å². The van der Waals surface area contributed by atoms with Crippen molar-refractivity contribution in [2.75, 3.05) is 6.61 Å². The summed E-state index contributed by atoms with van der Waals surface area (Å²) in [5, 5.41) is 14.2. The highest BCUT2D eigenvalue weighted by atomic mass is 16.5. The van der Waals surface area contributed by atoms with Crippen LogP contribution in [0.25, 0.3) is 22.4 Å². The number of piperidine rings is 1. The lowest BCUT2D eigenvalue weighted by Gasteiger charge is -2.19. The Hall–Kier alpha value is -4.54. The number of rotatable bonds is 7. The molecule has 11 heteroatoms. The van der Waals surface area contributed by atoms with E-state index in [2.05, 4.69) is 25.9 Å². The van der Waals surface area contributed by atoms with Gasteiger partial charge in [0.25, 0.3) is 11.8 Å². The van der Waals surface area contributed by atoms with Crippen LogP contribution in [0.15, 0.2) is 53.1 Å². The molecule has 2 aromatic heterocycles. The third-order valence-corrected chi connectivity index (χ3v) is 5.72. The number of nitrogens with one attached hydrogen (secondary N) is 2. The van der Waals surface area contributed by atoms with Gasteiger partial charge in [0.2, 0.25) is 11.8 Å². The Morgan fingerprint density at radius 2 is 2.06 bits per heavy atom. The lowest BCUT2D eigenvalue weighted by atomic mass is 9.93. The topological polar surface area (TPSA) is 141 Å². The molecule has 1 atom stereocenters. The Kier molecular flexibility index (Phi) is 5.96. The third kappa shape index (κ3) is 4.74. The van der Waals surface area contributed by atoms with E-state index in [-0.39, 0.29) is 37.3 Å². The summed E-state index contributed by atoms with van der Waals surface area (Å²) < 4.78 is 12.5. The largest absolute Gasteiger partial charge is 0.484 e. The van der Waals surface area contributed by atoms with E-state index in [9.17, 15) is 14.4 Å². The molecular weight excluding hydrogens is 452 g/mol. The van der Waals surface area contributed by atoms with E-state index in [0.717, 1.165) is 16.5 Å². The van der Waals surface area contributed by atoms with Gasteiger partial charge in [-0.05, 0) is 30.7 Å². The second-order valence-corrected chi connectivity index (χ2v) is 8.14. The van der Waals surface area contributed by atoms with Crippen molar-refractivity contribution in [2.24, 2.45) is 7.05 Å². The number of ether oxygens (including phenoxy) is 1. The second kappa shape index (κ2) is 9.37. The quantitative estimate of drug-likeness (QED) is 0.387. The molecule has 0 radical (unpaired) electrons. The Balaban J connectivity index is 1.19. The maximum atomic E-state index is 12.3. The molecule has 35 heavy (non-hydrogen) atoms. The van der Waals surface area contributed by atoms with Gasteiger partial charge in [0.05, 0.1) is 23.7 Å². The molecule has 0 aliphatic carbocycles.